The van der Waals surface area contributed by atoms with Gasteiger partial charge in [0.25, 0.3) is 5.69 Å². The Bertz CT molecular complexity index is 849. The van der Waals surface area contributed by atoms with Gasteiger partial charge in [-0.15, -0.1) is 0 Å². The first-order valence-corrected chi connectivity index (χ1v) is 7.94. The average Bonchev–Trinajstić information content (AvgIpc) is 3.15. The molecule has 3 aromatic rings. The van der Waals surface area contributed by atoms with Crippen molar-refractivity contribution in [3.05, 3.63) is 94.4 Å². The van der Waals surface area contributed by atoms with Crippen molar-refractivity contribution in [2.75, 3.05) is 5.32 Å². The van der Waals surface area contributed by atoms with Gasteiger partial charge in [-0.3, -0.25) is 10.1 Å². The maximum absolute atomic E-state index is 10.7. The Morgan fingerprint density at radius 3 is 2.36 bits per heavy atom. The fourth-order valence-electron chi connectivity index (χ4n) is 2.38. The lowest BCUT2D eigenvalue weighted by molar-refractivity contribution is -0.384. The highest BCUT2D eigenvalue weighted by Crippen LogP contribution is 2.23. The van der Waals surface area contributed by atoms with Crippen molar-refractivity contribution in [3.63, 3.8) is 0 Å². The molecule has 0 fully saturated rings. The van der Waals surface area contributed by atoms with Gasteiger partial charge in [-0.1, -0.05) is 30.3 Å². The average molecular weight is 353 g/mol. The summed E-state index contributed by atoms with van der Waals surface area (Å²) in [6.07, 6.45) is 1.61. The molecule has 0 saturated carbocycles. The Labute approximate surface area is 149 Å². The first-order valence-electron chi connectivity index (χ1n) is 7.54. The lowest BCUT2D eigenvalue weighted by Crippen LogP contribution is -2.32. The minimum Gasteiger partial charge on any atom is -0.467 e. The van der Waals surface area contributed by atoms with Gasteiger partial charge in [0.05, 0.1) is 11.2 Å². The Morgan fingerprint density at radius 1 is 1.04 bits per heavy atom. The lowest BCUT2D eigenvalue weighted by atomic mass is 10.1. The summed E-state index contributed by atoms with van der Waals surface area (Å²) in [6, 6.07) is 19.3. The van der Waals surface area contributed by atoms with Gasteiger partial charge >= 0.3 is 0 Å². The van der Waals surface area contributed by atoms with Gasteiger partial charge in [0.2, 0.25) is 0 Å². The fourth-order valence-corrected chi connectivity index (χ4v) is 2.62. The molecule has 0 spiro atoms. The smallest absolute Gasteiger partial charge is 0.269 e. The molecule has 0 amide bonds. The van der Waals surface area contributed by atoms with Gasteiger partial charge in [0.15, 0.2) is 5.11 Å². The van der Waals surface area contributed by atoms with E-state index in [-0.39, 0.29) is 11.7 Å². The number of benzene rings is 2. The molecule has 0 unspecified atom stereocenters. The highest BCUT2D eigenvalue weighted by atomic mass is 32.1. The van der Waals surface area contributed by atoms with Crippen LogP contribution in [0, 0.1) is 10.1 Å². The van der Waals surface area contributed by atoms with Crippen LogP contribution in [0.1, 0.15) is 17.4 Å². The van der Waals surface area contributed by atoms with Gasteiger partial charge in [-0.2, -0.15) is 0 Å². The van der Waals surface area contributed by atoms with Gasteiger partial charge in [-0.25, -0.2) is 0 Å². The molecule has 0 aliphatic heterocycles. The lowest BCUT2D eigenvalue weighted by Gasteiger charge is -2.19. The third-order valence-corrected chi connectivity index (χ3v) is 3.79. The molecule has 1 atom stereocenters. The SMILES string of the molecule is O=[N+]([O-])c1ccc(NC(=S)N[C@@H](c2ccccc2)c2ccco2)cc1. The van der Waals surface area contributed by atoms with Crippen LogP contribution < -0.4 is 10.6 Å². The summed E-state index contributed by atoms with van der Waals surface area (Å²) in [5, 5.41) is 17.3. The first-order chi connectivity index (χ1) is 12.1. The number of furan rings is 1. The molecule has 2 N–H and O–H groups in total. The molecular weight excluding hydrogens is 338 g/mol. The van der Waals surface area contributed by atoms with Crippen molar-refractivity contribution in [3.8, 4) is 0 Å². The predicted molar refractivity (Wildman–Crippen MR) is 99.4 cm³/mol. The van der Waals surface area contributed by atoms with E-state index in [0.717, 1.165) is 11.3 Å². The summed E-state index contributed by atoms with van der Waals surface area (Å²) < 4.78 is 5.52. The summed E-state index contributed by atoms with van der Waals surface area (Å²) in [5.41, 5.74) is 1.70. The van der Waals surface area contributed by atoms with Gasteiger partial charge in [0.1, 0.15) is 11.8 Å². The van der Waals surface area contributed by atoms with Crippen LogP contribution in [-0.4, -0.2) is 10.0 Å². The second kappa shape index (κ2) is 7.59. The van der Waals surface area contributed by atoms with Crippen molar-refractivity contribution in [1.29, 1.82) is 0 Å². The molecule has 6 nitrogen and oxygen atoms in total. The number of rotatable bonds is 5. The molecule has 0 aliphatic rings. The second-order valence-electron chi connectivity index (χ2n) is 5.26. The summed E-state index contributed by atoms with van der Waals surface area (Å²) in [6.45, 7) is 0. The molecule has 0 bridgehead atoms. The van der Waals surface area contributed by atoms with Gasteiger partial charge in [-0.05, 0) is 42.0 Å². The molecule has 126 valence electrons. The Balaban J connectivity index is 1.73. The van der Waals surface area contributed by atoms with E-state index < -0.39 is 4.92 Å². The van der Waals surface area contributed by atoms with Crippen LogP contribution in [0.25, 0.3) is 0 Å². The predicted octanol–water partition coefficient (Wildman–Crippen LogP) is 4.26. The Morgan fingerprint density at radius 2 is 1.76 bits per heavy atom. The quantitative estimate of drug-likeness (QED) is 0.405. The zero-order valence-electron chi connectivity index (χ0n) is 13.1. The topological polar surface area (TPSA) is 80.3 Å². The monoisotopic (exact) mass is 353 g/mol. The molecule has 0 saturated heterocycles. The van der Waals surface area contributed by atoms with Gasteiger partial charge in [0, 0.05) is 17.8 Å². The number of nitrogens with zero attached hydrogens (tertiary/aromatic N) is 1. The molecule has 1 heterocycles. The zero-order chi connectivity index (χ0) is 17.6. The molecule has 2 aromatic carbocycles. The molecule has 3 rings (SSSR count). The Hall–Kier alpha value is -3.19. The molecular formula is C18H15N3O3S. The van der Waals surface area contributed by atoms with Crippen molar-refractivity contribution >= 4 is 28.7 Å². The minimum atomic E-state index is -0.442. The minimum absolute atomic E-state index is 0.0298. The van der Waals surface area contributed by atoms with E-state index >= 15 is 0 Å². The fraction of sp³-hybridized carbons (Fsp3) is 0.0556. The van der Waals surface area contributed by atoms with Crippen LogP contribution in [0.15, 0.2) is 77.4 Å². The Kier molecular flexibility index (Phi) is 5.06. The molecule has 1 aromatic heterocycles. The number of hydrogen-bond donors (Lipinski definition) is 2. The number of nitro benzene ring substituents is 1. The zero-order valence-corrected chi connectivity index (χ0v) is 13.9. The van der Waals surface area contributed by atoms with Crippen LogP contribution in [0.4, 0.5) is 11.4 Å². The van der Waals surface area contributed by atoms with E-state index in [4.69, 9.17) is 16.6 Å². The number of non-ortho nitro benzene ring substituents is 1. The van der Waals surface area contributed by atoms with Crippen molar-refractivity contribution in [2.24, 2.45) is 0 Å². The number of hydrogen-bond acceptors (Lipinski definition) is 4. The van der Waals surface area contributed by atoms with E-state index in [1.54, 1.807) is 18.4 Å². The van der Waals surface area contributed by atoms with Crippen LogP contribution >= 0.6 is 12.2 Å². The summed E-state index contributed by atoms with van der Waals surface area (Å²) in [7, 11) is 0. The van der Waals surface area contributed by atoms with Crippen molar-refractivity contribution < 1.29 is 9.34 Å². The number of nitro groups is 1. The van der Waals surface area contributed by atoms with E-state index in [0.29, 0.717) is 10.8 Å². The normalized spacial score (nSPS) is 11.5. The van der Waals surface area contributed by atoms with Crippen molar-refractivity contribution in [2.45, 2.75) is 6.04 Å². The van der Waals surface area contributed by atoms with Crippen LogP contribution in [0.2, 0.25) is 0 Å². The van der Waals surface area contributed by atoms with Crippen LogP contribution in [0.3, 0.4) is 0 Å². The molecule has 25 heavy (non-hydrogen) atoms. The summed E-state index contributed by atoms with van der Waals surface area (Å²) >= 11 is 5.37. The summed E-state index contributed by atoms with van der Waals surface area (Å²) in [4.78, 5) is 10.3. The van der Waals surface area contributed by atoms with Crippen LogP contribution in [0.5, 0.6) is 0 Å². The third kappa shape index (κ3) is 4.21. The number of nitrogens with one attached hydrogen (secondary N) is 2. The standard InChI is InChI=1S/C18H15N3O3S/c22-21(23)15-10-8-14(9-11-15)19-18(25)20-17(16-7-4-12-24-16)13-5-2-1-3-6-13/h1-12,17H,(H2,19,20,25)/t17-/m0/s1. The van der Waals surface area contributed by atoms with E-state index in [9.17, 15) is 10.1 Å². The molecule has 0 radical (unpaired) electrons. The number of thiocarbonyl (C=S) groups is 1. The number of anilines is 1. The highest BCUT2D eigenvalue weighted by Gasteiger charge is 2.17. The highest BCUT2D eigenvalue weighted by molar-refractivity contribution is 7.80. The maximum atomic E-state index is 10.7. The summed E-state index contributed by atoms with van der Waals surface area (Å²) in [5.74, 6) is 0.735. The second-order valence-corrected chi connectivity index (χ2v) is 5.67. The third-order valence-electron chi connectivity index (χ3n) is 3.57. The van der Waals surface area contributed by atoms with E-state index in [1.807, 2.05) is 42.5 Å². The molecule has 0 aliphatic carbocycles. The van der Waals surface area contributed by atoms with Crippen molar-refractivity contribution in [1.82, 2.24) is 5.32 Å². The van der Waals surface area contributed by atoms with Crippen LogP contribution in [-0.2, 0) is 0 Å². The largest absolute Gasteiger partial charge is 0.467 e. The maximum Gasteiger partial charge on any atom is 0.269 e. The molecule has 7 heteroatoms. The van der Waals surface area contributed by atoms with E-state index in [1.165, 1.54) is 12.1 Å². The van der Waals surface area contributed by atoms with E-state index in [2.05, 4.69) is 10.6 Å². The first kappa shape index (κ1) is 16.7. The van der Waals surface area contributed by atoms with Gasteiger partial charge < -0.3 is 15.1 Å².